The summed E-state index contributed by atoms with van der Waals surface area (Å²) in [4.78, 5) is 4.30. The summed E-state index contributed by atoms with van der Waals surface area (Å²) in [6.07, 6.45) is 12.4. The molecule has 3 rings (SSSR count). The molecular formula is C20H28IN5. The average Bonchev–Trinajstić information content (AvgIpc) is 3.20. The second-order valence-corrected chi connectivity index (χ2v) is 6.33. The Morgan fingerprint density at radius 1 is 1.19 bits per heavy atom. The summed E-state index contributed by atoms with van der Waals surface area (Å²) in [7, 11) is 1.82. The molecule has 1 aromatic carbocycles. The first-order chi connectivity index (χ1) is 12.3. The van der Waals surface area contributed by atoms with E-state index in [1.54, 1.807) is 11.8 Å². The molecular weight excluding hydrogens is 437 g/mol. The Kier molecular flexibility index (Phi) is 8.67. The van der Waals surface area contributed by atoms with Crippen molar-refractivity contribution in [2.24, 2.45) is 4.99 Å². The summed E-state index contributed by atoms with van der Waals surface area (Å²) in [6, 6.07) is 10.3. The Hall–Kier alpha value is -1.83. The highest BCUT2D eigenvalue weighted by atomic mass is 127. The van der Waals surface area contributed by atoms with Crippen LogP contribution in [0, 0.1) is 0 Å². The summed E-state index contributed by atoms with van der Waals surface area (Å²) >= 11 is 0. The maximum absolute atomic E-state index is 4.30. The van der Waals surface area contributed by atoms with Crippen LogP contribution in [0.3, 0.4) is 0 Å². The molecule has 0 fully saturated rings. The van der Waals surface area contributed by atoms with Crippen molar-refractivity contribution in [3.63, 3.8) is 0 Å². The van der Waals surface area contributed by atoms with Crippen molar-refractivity contribution in [1.82, 2.24) is 20.4 Å². The SMILES string of the molecule is CN=C(NCCC1=CCCCC1)NCc1ccc(-n2cccn2)cc1.I. The van der Waals surface area contributed by atoms with Gasteiger partial charge in [0.1, 0.15) is 0 Å². The third kappa shape index (κ3) is 6.16. The predicted octanol–water partition coefficient (Wildman–Crippen LogP) is 4.05. The lowest BCUT2D eigenvalue weighted by Gasteiger charge is -2.15. The van der Waals surface area contributed by atoms with Gasteiger partial charge >= 0.3 is 0 Å². The van der Waals surface area contributed by atoms with Crippen molar-refractivity contribution in [3.8, 4) is 5.69 Å². The molecule has 0 unspecified atom stereocenters. The Bertz CT molecular complexity index is 704. The Labute approximate surface area is 173 Å². The third-order valence-electron chi connectivity index (χ3n) is 4.51. The second-order valence-electron chi connectivity index (χ2n) is 6.33. The number of allylic oxidation sites excluding steroid dienone is 1. The van der Waals surface area contributed by atoms with Crippen LogP contribution in [0.15, 0.2) is 59.4 Å². The lowest BCUT2D eigenvalue weighted by molar-refractivity contribution is 0.665. The van der Waals surface area contributed by atoms with Gasteiger partial charge in [0, 0.05) is 32.5 Å². The molecule has 1 aliphatic rings. The predicted molar refractivity (Wildman–Crippen MR) is 118 cm³/mol. The number of rotatable bonds is 6. The fourth-order valence-corrected chi connectivity index (χ4v) is 3.07. The van der Waals surface area contributed by atoms with E-state index >= 15 is 0 Å². The quantitative estimate of drug-likeness (QED) is 0.293. The summed E-state index contributed by atoms with van der Waals surface area (Å²) in [5, 5.41) is 11.0. The molecule has 0 saturated heterocycles. The van der Waals surface area contributed by atoms with Gasteiger partial charge < -0.3 is 10.6 Å². The third-order valence-corrected chi connectivity index (χ3v) is 4.51. The smallest absolute Gasteiger partial charge is 0.191 e. The molecule has 0 bridgehead atoms. The molecule has 6 heteroatoms. The zero-order chi connectivity index (χ0) is 17.3. The number of benzene rings is 1. The summed E-state index contributed by atoms with van der Waals surface area (Å²) in [5.74, 6) is 0.854. The Morgan fingerprint density at radius 2 is 2.04 bits per heavy atom. The van der Waals surface area contributed by atoms with Crippen LogP contribution in [0.1, 0.15) is 37.7 Å². The summed E-state index contributed by atoms with van der Waals surface area (Å²) < 4.78 is 1.86. The van der Waals surface area contributed by atoms with Crippen LogP contribution < -0.4 is 10.6 Å². The van der Waals surface area contributed by atoms with E-state index in [-0.39, 0.29) is 24.0 Å². The van der Waals surface area contributed by atoms with E-state index in [4.69, 9.17) is 0 Å². The second kappa shape index (κ2) is 11.0. The maximum Gasteiger partial charge on any atom is 0.191 e. The Morgan fingerprint density at radius 3 is 2.69 bits per heavy atom. The van der Waals surface area contributed by atoms with Gasteiger partial charge in [-0.25, -0.2) is 4.68 Å². The fraction of sp³-hybridized carbons (Fsp3) is 0.400. The van der Waals surface area contributed by atoms with Crippen LogP contribution in [-0.4, -0.2) is 29.3 Å². The molecule has 0 saturated carbocycles. The fourth-order valence-electron chi connectivity index (χ4n) is 3.07. The maximum atomic E-state index is 4.30. The normalized spacial score (nSPS) is 14.3. The van der Waals surface area contributed by atoms with Gasteiger partial charge in [0.2, 0.25) is 0 Å². The molecule has 0 atom stereocenters. The zero-order valence-electron chi connectivity index (χ0n) is 15.3. The molecule has 26 heavy (non-hydrogen) atoms. The van der Waals surface area contributed by atoms with Crippen molar-refractivity contribution in [1.29, 1.82) is 0 Å². The van der Waals surface area contributed by atoms with E-state index in [1.165, 1.54) is 31.2 Å². The van der Waals surface area contributed by atoms with Crippen molar-refractivity contribution in [2.75, 3.05) is 13.6 Å². The van der Waals surface area contributed by atoms with Crippen LogP contribution in [0.5, 0.6) is 0 Å². The first-order valence-corrected chi connectivity index (χ1v) is 9.06. The van der Waals surface area contributed by atoms with Crippen LogP contribution >= 0.6 is 24.0 Å². The molecule has 2 N–H and O–H groups in total. The van der Waals surface area contributed by atoms with Gasteiger partial charge in [-0.3, -0.25) is 4.99 Å². The molecule has 140 valence electrons. The van der Waals surface area contributed by atoms with E-state index in [2.05, 4.69) is 51.1 Å². The van der Waals surface area contributed by atoms with Gasteiger partial charge in [0.15, 0.2) is 5.96 Å². The minimum absolute atomic E-state index is 0. The van der Waals surface area contributed by atoms with E-state index < -0.39 is 0 Å². The summed E-state index contributed by atoms with van der Waals surface area (Å²) in [5.41, 5.74) is 3.87. The van der Waals surface area contributed by atoms with Crippen molar-refractivity contribution >= 4 is 29.9 Å². The average molecular weight is 465 g/mol. The van der Waals surface area contributed by atoms with Crippen molar-refractivity contribution < 1.29 is 0 Å². The molecule has 0 aliphatic heterocycles. The number of aromatic nitrogens is 2. The molecule has 1 aromatic heterocycles. The number of hydrogen-bond donors (Lipinski definition) is 2. The monoisotopic (exact) mass is 465 g/mol. The molecule has 0 amide bonds. The van der Waals surface area contributed by atoms with Gasteiger partial charge in [0.05, 0.1) is 5.69 Å². The molecule has 2 aromatic rings. The molecule has 0 radical (unpaired) electrons. The first kappa shape index (κ1) is 20.5. The molecule has 0 spiro atoms. The molecule has 1 heterocycles. The van der Waals surface area contributed by atoms with Crippen LogP contribution in [-0.2, 0) is 6.54 Å². The topological polar surface area (TPSA) is 54.2 Å². The van der Waals surface area contributed by atoms with Crippen LogP contribution in [0.4, 0.5) is 0 Å². The molecule has 5 nitrogen and oxygen atoms in total. The van der Waals surface area contributed by atoms with Gasteiger partial charge in [-0.2, -0.15) is 5.10 Å². The number of halogens is 1. The van der Waals surface area contributed by atoms with Crippen molar-refractivity contribution in [3.05, 3.63) is 59.9 Å². The lowest BCUT2D eigenvalue weighted by atomic mass is 9.97. The number of hydrogen-bond acceptors (Lipinski definition) is 2. The first-order valence-electron chi connectivity index (χ1n) is 9.06. The van der Waals surface area contributed by atoms with Gasteiger partial charge in [-0.1, -0.05) is 23.8 Å². The highest BCUT2D eigenvalue weighted by molar-refractivity contribution is 14.0. The van der Waals surface area contributed by atoms with Gasteiger partial charge in [-0.05, 0) is 55.9 Å². The van der Waals surface area contributed by atoms with Crippen LogP contribution in [0.2, 0.25) is 0 Å². The van der Waals surface area contributed by atoms with E-state index in [9.17, 15) is 0 Å². The highest BCUT2D eigenvalue weighted by Gasteiger charge is 2.04. The van der Waals surface area contributed by atoms with Gasteiger partial charge in [0.25, 0.3) is 0 Å². The standard InChI is InChI=1S/C20H27N5.HI/c1-21-20(22-14-12-17-6-3-2-4-7-17)23-16-18-8-10-19(11-9-18)25-15-5-13-24-25;/h5-6,8-11,13,15H,2-4,7,12,14,16H2,1H3,(H2,21,22,23);1H. The molecule has 1 aliphatic carbocycles. The minimum Gasteiger partial charge on any atom is -0.356 e. The lowest BCUT2D eigenvalue weighted by Crippen LogP contribution is -2.37. The number of nitrogens with zero attached hydrogens (tertiary/aromatic N) is 3. The largest absolute Gasteiger partial charge is 0.356 e. The van der Waals surface area contributed by atoms with Crippen LogP contribution in [0.25, 0.3) is 5.69 Å². The zero-order valence-corrected chi connectivity index (χ0v) is 17.6. The van der Waals surface area contributed by atoms with E-state index in [1.807, 2.05) is 24.0 Å². The van der Waals surface area contributed by atoms with Gasteiger partial charge in [-0.15, -0.1) is 24.0 Å². The summed E-state index contributed by atoms with van der Waals surface area (Å²) in [6.45, 7) is 1.69. The number of guanidine groups is 1. The van der Waals surface area contributed by atoms with Crippen molar-refractivity contribution in [2.45, 2.75) is 38.6 Å². The highest BCUT2D eigenvalue weighted by Crippen LogP contribution is 2.19. The Balaban J connectivity index is 0.00000243. The van der Waals surface area contributed by atoms with E-state index in [0.717, 1.165) is 31.2 Å². The number of aliphatic imine (C=N–C) groups is 1. The minimum atomic E-state index is 0. The number of nitrogens with one attached hydrogen (secondary N) is 2. The van der Waals surface area contributed by atoms with E-state index in [0.29, 0.717) is 0 Å².